The van der Waals surface area contributed by atoms with Crippen LogP contribution < -0.4 is 10.5 Å². The summed E-state index contributed by atoms with van der Waals surface area (Å²) in [4.78, 5) is 0. The van der Waals surface area contributed by atoms with Crippen molar-refractivity contribution in [3.63, 3.8) is 0 Å². The van der Waals surface area contributed by atoms with Gasteiger partial charge >= 0.3 is 0 Å². The molecule has 0 heterocycles. The Morgan fingerprint density at radius 3 is 2.64 bits per heavy atom. The van der Waals surface area contributed by atoms with Crippen molar-refractivity contribution in [1.82, 2.24) is 4.72 Å². The molecule has 0 saturated heterocycles. The summed E-state index contributed by atoms with van der Waals surface area (Å²) < 4.78 is 2.83. The van der Waals surface area contributed by atoms with E-state index in [2.05, 4.69) is 23.9 Å². The number of thiocarbonyl (C=S) groups is 1. The number of unbranched alkanes of at least 4 members (excludes halogenated alkanes) is 2. The predicted molar refractivity (Wildman–Crippen MR) is 59.2 cm³/mol. The lowest BCUT2D eigenvalue weighted by Gasteiger charge is -2.00. The average molecular weight is 215 g/mol. The summed E-state index contributed by atoms with van der Waals surface area (Å²) in [5, 5.41) is 0.376. The zero-order chi connectivity index (χ0) is 7.82. The second kappa shape index (κ2) is 10.3. The highest BCUT2D eigenvalue weighted by atomic mass is 35.5. The Labute approximate surface area is 84.2 Å². The third kappa shape index (κ3) is 13.3. The fraction of sp³-hybridized carbons (Fsp3) is 0.833. The highest BCUT2D eigenvalue weighted by Gasteiger charge is 1.88. The Kier molecular flexibility index (Phi) is 13.0. The van der Waals surface area contributed by atoms with Crippen LogP contribution in [-0.2, 0) is 0 Å². The van der Waals surface area contributed by atoms with Gasteiger partial charge in [-0.25, -0.2) is 0 Å². The molecule has 68 valence electrons. The third-order valence-corrected chi connectivity index (χ3v) is 2.11. The molecule has 5 heteroatoms. The summed E-state index contributed by atoms with van der Waals surface area (Å²) in [6.45, 7) is 2.19. The van der Waals surface area contributed by atoms with Gasteiger partial charge < -0.3 is 10.5 Å². The molecule has 3 N–H and O–H groups in total. The van der Waals surface area contributed by atoms with Crippen LogP contribution in [0.15, 0.2) is 0 Å². The molecule has 0 amide bonds. The second-order valence-electron chi connectivity index (χ2n) is 2.02. The maximum atomic E-state index is 5.21. The molecule has 0 aliphatic heterocycles. The molecule has 0 aromatic heterocycles. The number of rotatable bonds is 5. The first-order valence-corrected chi connectivity index (χ1v) is 4.84. The molecule has 0 spiro atoms. The van der Waals surface area contributed by atoms with Gasteiger partial charge in [0.25, 0.3) is 0 Å². The molecule has 0 saturated carbocycles. The van der Waals surface area contributed by atoms with Crippen LogP contribution in [0.1, 0.15) is 26.2 Å². The van der Waals surface area contributed by atoms with E-state index < -0.39 is 0 Å². The number of halogens is 1. The van der Waals surface area contributed by atoms with Gasteiger partial charge in [-0.15, -0.1) is 12.4 Å². The summed E-state index contributed by atoms with van der Waals surface area (Å²) in [6, 6.07) is 0. The van der Waals surface area contributed by atoms with Crippen LogP contribution in [-0.4, -0.2) is 10.9 Å². The van der Waals surface area contributed by atoms with E-state index in [1.165, 1.54) is 19.3 Å². The molecular weight excluding hydrogens is 200 g/mol. The SMILES string of the molecule is CCCCCSNC(N)=S.Cl. The molecule has 0 aliphatic carbocycles. The van der Waals surface area contributed by atoms with E-state index in [0.717, 1.165) is 5.75 Å². The zero-order valence-corrected chi connectivity index (χ0v) is 9.08. The van der Waals surface area contributed by atoms with Crippen molar-refractivity contribution in [3.8, 4) is 0 Å². The Balaban J connectivity index is 0. The highest BCUT2D eigenvalue weighted by molar-refractivity contribution is 7.98. The summed E-state index contributed by atoms with van der Waals surface area (Å²) in [7, 11) is 0. The van der Waals surface area contributed by atoms with Gasteiger partial charge in [0.2, 0.25) is 0 Å². The maximum Gasteiger partial charge on any atom is 0.173 e. The van der Waals surface area contributed by atoms with Gasteiger partial charge in [0.15, 0.2) is 5.11 Å². The van der Waals surface area contributed by atoms with Crippen LogP contribution in [0.5, 0.6) is 0 Å². The van der Waals surface area contributed by atoms with Gasteiger partial charge in [-0.2, -0.15) is 0 Å². The fourth-order valence-electron chi connectivity index (χ4n) is 0.546. The van der Waals surface area contributed by atoms with E-state index in [9.17, 15) is 0 Å². The number of hydrogen-bond acceptors (Lipinski definition) is 2. The Morgan fingerprint density at radius 2 is 2.18 bits per heavy atom. The zero-order valence-electron chi connectivity index (χ0n) is 6.63. The van der Waals surface area contributed by atoms with Crippen molar-refractivity contribution in [2.75, 3.05) is 5.75 Å². The number of nitrogens with two attached hydrogens (primary N) is 1. The van der Waals surface area contributed by atoms with Crippen molar-refractivity contribution in [2.24, 2.45) is 5.73 Å². The van der Waals surface area contributed by atoms with E-state index in [0.29, 0.717) is 5.11 Å². The first-order chi connectivity index (χ1) is 4.77. The van der Waals surface area contributed by atoms with Gasteiger partial charge in [0, 0.05) is 5.75 Å². The third-order valence-electron chi connectivity index (χ3n) is 1.02. The lowest BCUT2D eigenvalue weighted by Crippen LogP contribution is -2.22. The van der Waals surface area contributed by atoms with Crippen LogP contribution in [0.4, 0.5) is 0 Å². The van der Waals surface area contributed by atoms with Gasteiger partial charge in [-0.3, -0.25) is 0 Å². The van der Waals surface area contributed by atoms with Crippen molar-refractivity contribution < 1.29 is 0 Å². The summed E-state index contributed by atoms with van der Waals surface area (Å²) in [5.41, 5.74) is 5.21. The molecular formula is C6H15ClN2S2. The van der Waals surface area contributed by atoms with Gasteiger partial charge in [0.1, 0.15) is 0 Å². The lowest BCUT2D eigenvalue weighted by molar-refractivity contribution is 0.778. The summed E-state index contributed by atoms with van der Waals surface area (Å²) >= 11 is 6.20. The minimum atomic E-state index is 0. The Hall–Kier alpha value is 0.330. The molecule has 0 unspecified atom stereocenters. The molecule has 0 atom stereocenters. The first kappa shape index (κ1) is 13.9. The van der Waals surface area contributed by atoms with Gasteiger partial charge in [-0.1, -0.05) is 31.7 Å². The maximum absolute atomic E-state index is 5.21. The topological polar surface area (TPSA) is 38.0 Å². The van der Waals surface area contributed by atoms with E-state index in [-0.39, 0.29) is 12.4 Å². The van der Waals surface area contributed by atoms with E-state index >= 15 is 0 Å². The van der Waals surface area contributed by atoms with Crippen LogP contribution in [0.25, 0.3) is 0 Å². The lowest BCUT2D eigenvalue weighted by atomic mass is 10.3. The number of nitrogens with one attached hydrogen (secondary N) is 1. The van der Waals surface area contributed by atoms with Crippen LogP contribution in [0.2, 0.25) is 0 Å². The average Bonchev–Trinajstić information content (AvgIpc) is 1.87. The molecule has 0 aliphatic rings. The molecule has 2 nitrogen and oxygen atoms in total. The van der Waals surface area contributed by atoms with Crippen molar-refractivity contribution in [1.29, 1.82) is 0 Å². The minimum absolute atomic E-state index is 0. The predicted octanol–water partition coefficient (Wildman–Crippen LogP) is 2.08. The molecule has 0 rings (SSSR count). The smallest absolute Gasteiger partial charge is 0.173 e. The first-order valence-electron chi connectivity index (χ1n) is 3.44. The Bertz CT molecular complexity index is 101. The van der Waals surface area contributed by atoms with Crippen LogP contribution in [0, 0.1) is 0 Å². The van der Waals surface area contributed by atoms with Crippen molar-refractivity contribution in [3.05, 3.63) is 0 Å². The molecule has 0 aromatic carbocycles. The summed E-state index contributed by atoms with van der Waals surface area (Å²) in [5.74, 6) is 1.09. The summed E-state index contributed by atoms with van der Waals surface area (Å²) in [6.07, 6.45) is 3.77. The molecule has 0 aromatic rings. The van der Waals surface area contributed by atoms with Gasteiger partial charge in [-0.05, 0) is 18.6 Å². The molecule has 0 fully saturated rings. The molecule has 0 radical (unpaired) electrons. The monoisotopic (exact) mass is 214 g/mol. The second-order valence-corrected chi connectivity index (χ2v) is 3.36. The molecule has 11 heavy (non-hydrogen) atoms. The van der Waals surface area contributed by atoms with Crippen molar-refractivity contribution in [2.45, 2.75) is 26.2 Å². The van der Waals surface area contributed by atoms with E-state index in [4.69, 9.17) is 5.73 Å². The normalized spacial score (nSPS) is 8.45. The van der Waals surface area contributed by atoms with Crippen molar-refractivity contribution >= 4 is 41.7 Å². The van der Waals surface area contributed by atoms with E-state index in [1.54, 1.807) is 11.9 Å². The Morgan fingerprint density at radius 1 is 1.55 bits per heavy atom. The fourth-order valence-corrected chi connectivity index (χ4v) is 1.32. The van der Waals surface area contributed by atoms with Crippen LogP contribution >= 0.6 is 36.6 Å². The largest absolute Gasteiger partial charge is 0.376 e. The van der Waals surface area contributed by atoms with E-state index in [1.807, 2.05) is 0 Å². The molecule has 0 bridgehead atoms. The quantitative estimate of drug-likeness (QED) is 0.418. The number of hydrogen-bond donors (Lipinski definition) is 2. The highest BCUT2D eigenvalue weighted by Crippen LogP contribution is 2.01. The van der Waals surface area contributed by atoms with Crippen LogP contribution in [0.3, 0.4) is 0 Å². The standard InChI is InChI=1S/C6H14N2S2.ClH/c1-2-3-4-5-10-8-6(7)9;/h2-5H2,1H3,(H3,7,8,9);1H. The van der Waals surface area contributed by atoms with Gasteiger partial charge in [0.05, 0.1) is 0 Å². The minimum Gasteiger partial charge on any atom is -0.376 e.